The van der Waals surface area contributed by atoms with E-state index in [1.54, 1.807) is 0 Å². The molecule has 7 heteroatoms. The van der Waals surface area contributed by atoms with Gasteiger partial charge in [-0.2, -0.15) is 0 Å². The van der Waals surface area contributed by atoms with Crippen molar-refractivity contribution in [3.8, 4) is 5.75 Å². The molecule has 2 rings (SSSR count). The molecule has 2 N–H and O–H groups in total. The van der Waals surface area contributed by atoms with Gasteiger partial charge in [0.25, 0.3) is 0 Å². The van der Waals surface area contributed by atoms with Crippen LogP contribution in [0.5, 0.6) is 5.75 Å². The van der Waals surface area contributed by atoms with Crippen LogP contribution in [-0.2, 0) is 11.3 Å². The summed E-state index contributed by atoms with van der Waals surface area (Å²) in [6.07, 6.45) is 2.77. The van der Waals surface area contributed by atoms with E-state index in [1.807, 2.05) is 38.4 Å². The van der Waals surface area contributed by atoms with Gasteiger partial charge in [0.15, 0.2) is 0 Å². The number of benzene rings is 1. The molecule has 1 fully saturated rings. The van der Waals surface area contributed by atoms with Crippen molar-refractivity contribution in [2.45, 2.75) is 25.8 Å². The second kappa shape index (κ2) is 13.2. The standard InChI is InChI=1S/C18H29N3O2.2ClH/c1-21(2)11-12-23-17-6-4-3-5-16(17)14-20-18(22)8-7-15-9-10-19-13-15;;/h3-6,15,19H,7-14H2,1-2H3,(H,20,22);2*1H. The van der Waals surface area contributed by atoms with Crippen LogP contribution >= 0.6 is 24.8 Å². The van der Waals surface area contributed by atoms with Gasteiger partial charge in [0.2, 0.25) is 5.91 Å². The fourth-order valence-electron chi connectivity index (χ4n) is 2.71. The molecule has 5 nitrogen and oxygen atoms in total. The Kier molecular flexibility index (Phi) is 12.7. The number of hydrogen-bond acceptors (Lipinski definition) is 4. The van der Waals surface area contributed by atoms with E-state index in [0.717, 1.165) is 37.4 Å². The van der Waals surface area contributed by atoms with Crippen LogP contribution in [0.15, 0.2) is 24.3 Å². The lowest BCUT2D eigenvalue weighted by Gasteiger charge is -2.14. The van der Waals surface area contributed by atoms with Crippen LogP contribution in [0, 0.1) is 5.92 Å². The molecule has 0 aliphatic carbocycles. The average Bonchev–Trinajstić information content (AvgIpc) is 3.05. The van der Waals surface area contributed by atoms with Crippen LogP contribution in [0.2, 0.25) is 0 Å². The monoisotopic (exact) mass is 391 g/mol. The van der Waals surface area contributed by atoms with Crippen molar-refractivity contribution in [3.05, 3.63) is 29.8 Å². The van der Waals surface area contributed by atoms with Crippen molar-refractivity contribution in [1.82, 2.24) is 15.5 Å². The fourth-order valence-corrected chi connectivity index (χ4v) is 2.71. The molecule has 0 aromatic heterocycles. The summed E-state index contributed by atoms with van der Waals surface area (Å²) in [5.41, 5.74) is 1.03. The van der Waals surface area contributed by atoms with E-state index in [1.165, 1.54) is 6.42 Å². The van der Waals surface area contributed by atoms with Crippen LogP contribution < -0.4 is 15.4 Å². The molecular formula is C18H31Cl2N3O2. The smallest absolute Gasteiger partial charge is 0.220 e. The van der Waals surface area contributed by atoms with Crippen molar-refractivity contribution >= 4 is 30.7 Å². The van der Waals surface area contributed by atoms with E-state index in [4.69, 9.17) is 4.74 Å². The number of carbonyl (C=O) groups is 1. The van der Waals surface area contributed by atoms with E-state index in [0.29, 0.717) is 25.5 Å². The SMILES string of the molecule is CN(C)CCOc1ccccc1CNC(=O)CCC1CCNC1.Cl.Cl. The zero-order chi connectivity index (χ0) is 16.5. The van der Waals surface area contributed by atoms with Crippen molar-refractivity contribution in [2.24, 2.45) is 5.92 Å². The number of likely N-dealkylation sites (N-methyl/N-ethyl adjacent to an activating group) is 1. The van der Waals surface area contributed by atoms with E-state index < -0.39 is 0 Å². The maximum atomic E-state index is 12.0. The molecule has 1 aliphatic heterocycles. The number of ether oxygens (including phenoxy) is 1. The van der Waals surface area contributed by atoms with Crippen molar-refractivity contribution in [3.63, 3.8) is 0 Å². The van der Waals surface area contributed by atoms with Crippen LogP contribution in [-0.4, -0.2) is 51.1 Å². The summed E-state index contributed by atoms with van der Waals surface area (Å²) in [7, 11) is 4.05. The molecule has 1 atom stereocenters. The molecule has 144 valence electrons. The van der Waals surface area contributed by atoms with Gasteiger partial charge in [-0.1, -0.05) is 18.2 Å². The topological polar surface area (TPSA) is 53.6 Å². The summed E-state index contributed by atoms with van der Waals surface area (Å²) in [6, 6.07) is 7.90. The van der Waals surface area contributed by atoms with E-state index in [-0.39, 0.29) is 30.7 Å². The van der Waals surface area contributed by atoms with E-state index in [2.05, 4.69) is 15.5 Å². The lowest BCUT2D eigenvalue weighted by Crippen LogP contribution is -2.24. The summed E-state index contributed by atoms with van der Waals surface area (Å²) in [5, 5.41) is 6.35. The van der Waals surface area contributed by atoms with Gasteiger partial charge in [-0.25, -0.2) is 0 Å². The quantitative estimate of drug-likeness (QED) is 0.678. The third-order valence-electron chi connectivity index (χ3n) is 4.19. The van der Waals surface area contributed by atoms with Crippen LogP contribution in [0.3, 0.4) is 0 Å². The second-order valence-electron chi connectivity index (χ2n) is 6.43. The van der Waals surface area contributed by atoms with Gasteiger partial charge in [-0.05, 0) is 52.0 Å². The zero-order valence-electron chi connectivity index (χ0n) is 15.1. The van der Waals surface area contributed by atoms with Crippen molar-refractivity contribution in [2.75, 3.05) is 40.3 Å². The summed E-state index contributed by atoms with van der Waals surface area (Å²) in [6.45, 7) is 4.18. The molecule has 0 spiro atoms. The molecule has 1 amide bonds. The lowest BCUT2D eigenvalue weighted by atomic mass is 10.0. The lowest BCUT2D eigenvalue weighted by molar-refractivity contribution is -0.121. The molecule has 25 heavy (non-hydrogen) atoms. The van der Waals surface area contributed by atoms with Gasteiger partial charge < -0.3 is 20.3 Å². The summed E-state index contributed by atoms with van der Waals surface area (Å²) in [5.74, 6) is 1.64. The molecular weight excluding hydrogens is 361 g/mol. The number of hydrogen-bond donors (Lipinski definition) is 2. The molecule has 1 saturated heterocycles. The molecule has 1 aromatic rings. The predicted octanol–water partition coefficient (Wildman–Crippen LogP) is 2.48. The molecule has 0 radical (unpaired) electrons. The first kappa shape index (κ1) is 24.0. The van der Waals surface area contributed by atoms with Crippen LogP contribution in [0.4, 0.5) is 0 Å². The number of para-hydroxylation sites is 1. The van der Waals surface area contributed by atoms with Crippen LogP contribution in [0.25, 0.3) is 0 Å². The largest absolute Gasteiger partial charge is 0.492 e. The fraction of sp³-hybridized carbons (Fsp3) is 0.611. The van der Waals surface area contributed by atoms with Crippen molar-refractivity contribution < 1.29 is 9.53 Å². The minimum atomic E-state index is 0. The highest BCUT2D eigenvalue weighted by molar-refractivity contribution is 5.85. The van der Waals surface area contributed by atoms with Gasteiger partial charge in [0, 0.05) is 25.1 Å². The Morgan fingerprint density at radius 1 is 1.32 bits per heavy atom. The van der Waals surface area contributed by atoms with Gasteiger partial charge in [0.1, 0.15) is 12.4 Å². The molecule has 1 heterocycles. The first-order chi connectivity index (χ1) is 11.1. The summed E-state index contributed by atoms with van der Waals surface area (Å²) < 4.78 is 5.82. The van der Waals surface area contributed by atoms with Crippen molar-refractivity contribution in [1.29, 1.82) is 0 Å². The molecule has 0 bridgehead atoms. The summed E-state index contributed by atoms with van der Waals surface area (Å²) in [4.78, 5) is 14.1. The normalized spacial score (nSPS) is 16.0. The molecule has 1 unspecified atom stereocenters. The first-order valence-corrected chi connectivity index (χ1v) is 8.48. The molecule has 1 aromatic carbocycles. The highest BCUT2D eigenvalue weighted by Crippen LogP contribution is 2.18. The Hall–Kier alpha value is -1.01. The Morgan fingerprint density at radius 2 is 2.08 bits per heavy atom. The number of nitrogens with zero attached hydrogens (tertiary/aromatic N) is 1. The van der Waals surface area contributed by atoms with E-state index >= 15 is 0 Å². The van der Waals surface area contributed by atoms with Crippen LogP contribution in [0.1, 0.15) is 24.8 Å². The summed E-state index contributed by atoms with van der Waals surface area (Å²) >= 11 is 0. The zero-order valence-corrected chi connectivity index (χ0v) is 16.8. The molecule has 0 saturated carbocycles. The minimum absolute atomic E-state index is 0. The highest BCUT2D eigenvalue weighted by Gasteiger charge is 2.15. The maximum Gasteiger partial charge on any atom is 0.220 e. The Bertz CT molecular complexity index is 495. The first-order valence-electron chi connectivity index (χ1n) is 8.48. The Morgan fingerprint density at radius 3 is 2.76 bits per heavy atom. The number of rotatable bonds is 9. The second-order valence-corrected chi connectivity index (χ2v) is 6.43. The number of carbonyl (C=O) groups excluding carboxylic acids is 1. The van der Waals surface area contributed by atoms with Gasteiger partial charge in [0.05, 0.1) is 0 Å². The van der Waals surface area contributed by atoms with Gasteiger partial charge in [-0.3, -0.25) is 4.79 Å². The average molecular weight is 392 g/mol. The third-order valence-corrected chi connectivity index (χ3v) is 4.19. The maximum absolute atomic E-state index is 12.0. The minimum Gasteiger partial charge on any atom is -0.492 e. The predicted molar refractivity (Wildman–Crippen MR) is 107 cm³/mol. The Balaban J connectivity index is 0.00000288. The third kappa shape index (κ3) is 9.31. The van der Waals surface area contributed by atoms with E-state index in [9.17, 15) is 4.79 Å². The van der Waals surface area contributed by atoms with Gasteiger partial charge >= 0.3 is 0 Å². The van der Waals surface area contributed by atoms with Gasteiger partial charge in [-0.15, -0.1) is 24.8 Å². The Labute approximate surface area is 163 Å². The number of amides is 1. The number of nitrogens with one attached hydrogen (secondary N) is 2. The molecule has 1 aliphatic rings. The number of halogens is 2. The highest BCUT2D eigenvalue weighted by atomic mass is 35.5.